The molecular weight excluding hydrogens is 334 g/mol. The molecule has 1 aliphatic heterocycles. The van der Waals surface area contributed by atoms with Gasteiger partial charge in [0.2, 0.25) is 5.91 Å². The summed E-state index contributed by atoms with van der Waals surface area (Å²) >= 11 is 6.07. The van der Waals surface area contributed by atoms with Gasteiger partial charge in [-0.2, -0.15) is 0 Å². The largest absolute Gasteiger partial charge is 0.378 e. The second-order valence-electron chi connectivity index (χ2n) is 6.67. The highest BCUT2D eigenvalue weighted by atomic mass is 35.5. The first-order valence-corrected chi connectivity index (χ1v) is 8.99. The van der Waals surface area contributed by atoms with Gasteiger partial charge in [0.1, 0.15) is 0 Å². The molecule has 0 atom stereocenters. The highest BCUT2D eigenvalue weighted by molar-refractivity contribution is 6.30. The van der Waals surface area contributed by atoms with Crippen molar-refractivity contribution < 1.29 is 4.79 Å². The molecular formula is C20H24ClN3O. The molecule has 5 heteroatoms. The molecule has 1 N–H and O–H groups in total. The molecule has 2 aromatic carbocycles. The number of anilines is 3. The lowest BCUT2D eigenvalue weighted by atomic mass is 9.95. The maximum atomic E-state index is 12.5. The Hall–Kier alpha value is -2.20. The first-order chi connectivity index (χ1) is 12.0. The van der Waals surface area contributed by atoms with Gasteiger partial charge in [-0.3, -0.25) is 4.79 Å². The number of hydrogen-bond acceptors (Lipinski definition) is 3. The lowest BCUT2D eigenvalue weighted by Crippen LogP contribution is -2.38. The van der Waals surface area contributed by atoms with E-state index in [2.05, 4.69) is 16.3 Å². The van der Waals surface area contributed by atoms with E-state index in [9.17, 15) is 4.79 Å². The predicted octanol–water partition coefficient (Wildman–Crippen LogP) is 4.26. The van der Waals surface area contributed by atoms with Gasteiger partial charge in [0.15, 0.2) is 0 Å². The molecule has 0 aromatic heterocycles. The molecule has 1 saturated heterocycles. The standard InChI is InChI=1S/C20H24ClN3O/c1-23(2)18-8-6-17(7-9-18)22-20(25)15-10-12-24(13-11-15)19-5-3-4-16(21)14-19/h3-9,14-15H,10-13H2,1-2H3,(H,22,25). The van der Waals surface area contributed by atoms with E-state index < -0.39 is 0 Å². The summed E-state index contributed by atoms with van der Waals surface area (Å²) in [5.74, 6) is 0.173. The van der Waals surface area contributed by atoms with E-state index in [0.717, 1.165) is 48.0 Å². The van der Waals surface area contributed by atoms with Crippen molar-refractivity contribution in [3.63, 3.8) is 0 Å². The monoisotopic (exact) mass is 357 g/mol. The van der Waals surface area contributed by atoms with E-state index in [1.165, 1.54) is 0 Å². The van der Waals surface area contributed by atoms with Gasteiger partial charge in [-0.25, -0.2) is 0 Å². The van der Waals surface area contributed by atoms with Crippen molar-refractivity contribution in [2.24, 2.45) is 5.92 Å². The number of amides is 1. The van der Waals surface area contributed by atoms with Crippen molar-refractivity contribution in [1.29, 1.82) is 0 Å². The average Bonchev–Trinajstić information content (AvgIpc) is 2.62. The Balaban J connectivity index is 1.54. The molecule has 0 unspecified atom stereocenters. The van der Waals surface area contributed by atoms with Crippen molar-refractivity contribution in [2.75, 3.05) is 42.3 Å². The minimum Gasteiger partial charge on any atom is -0.378 e. The van der Waals surface area contributed by atoms with Crippen LogP contribution < -0.4 is 15.1 Å². The number of nitrogens with zero attached hydrogens (tertiary/aromatic N) is 2. The predicted molar refractivity (Wildman–Crippen MR) is 106 cm³/mol. The number of carbonyl (C=O) groups is 1. The Morgan fingerprint density at radius 1 is 1.12 bits per heavy atom. The van der Waals surface area contributed by atoms with Gasteiger partial charge in [0.25, 0.3) is 0 Å². The van der Waals surface area contributed by atoms with Gasteiger partial charge in [-0.15, -0.1) is 0 Å². The van der Waals surface area contributed by atoms with Gasteiger partial charge < -0.3 is 15.1 Å². The smallest absolute Gasteiger partial charge is 0.227 e. The lowest BCUT2D eigenvalue weighted by Gasteiger charge is -2.33. The van der Waals surface area contributed by atoms with Crippen molar-refractivity contribution in [3.05, 3.63) is 53.6 Å². The Morgan fingerprint density at radius 3 is 2.40 bits per heavy atom. The highest BCUT2D eigenvalue weighted by Crippen LogP contribution is 2.26. The summed E-state index contributed by atoms with van der Waals surface area (Å²) < 4.78 is 0. The fraction of sp³-hybridized carbons (Fsp3) is 0.350. The van der Waals surface area contributed by atoms with Gasteiger partial charge in [-0.05, 0) is 55.3 Å². The molecule has 0 saturated carbocycles. The first kappa shape index (κ1) is 17.6. The Labute approximate surface area is 154 Å². The Morgan fingerprint density at radius 2 is 1.80 bits per heavy atom. The van der Waals surface area contributed by atoms with Crippen molar-refractivity contribution in [2.45, 2.75) is 12.8 Å². The lowest BCUT2D eigenvalue weighted by molar-refractivity contribution is -0.120. The van der Waals surface area contributed by atoms with E-state index in [-0.39, 0.29) is 11.8 Å². The quantitative estimate of drug-likeness (QED) is 0.888. The molecule has 25 heavy (non-hydrogen) atoms. The molecule has 0 spiro atoms. The zero-order valence-corrected chi connectivity index (χ0v) is 15.5. The van der Waals surface area contributed by atoms with Crippen LogP contribution in [0.3, 0.4) is 0 Å². The van der Waals surface area contributed by atoms with E-state index in [4.69, 9.17) is 11.6 Å². The molecule has 1 heterocycles. The van der Waals surface area contributed by atoms with E-state index in [1.807, 2.05) is 61.5 Å². The van der Waals surface area contributed by atoms with Crippen LogP contribution in [0.5, 0.6) is 0 Å². The summed E-state index contributed by atoms with van der Waals surface area (Å²) in [6.45, 7) is 1.75. The highest BCUT2D eigenvalue weighted by Gasteiger charge is 2.25. The summed E-state index contributed by atoms with van der Waals surface area (Å²) in [5, 5.41) is 3.79. The molecule has 132 valence electrons. The maximum Gasteiger partial charge on any atom is 0.227 e. The number of hydrogen-bond donors (Lipinski definition) is 1. The molecule has 1 amide bonds. The van der Waals surface area contributed by atoms with Crippen molar-refractivity contribution >= 4 is 34.6 Å². The maximum absolute atomic E-state index is 12.5. The fourth-order valence-corrected chi connectivity index (χ4v) is 3.34. The third-order valence-electron chi connectivity index (χ3n) is 4.69. The van der Waals surface area contributed by atoms with Gasteiger partial charge in [0.05, 0.1) is 0 Å². The topological polar surface area (TPSA) is 35.6 Å². The summed E-state index contributed by atoms with van der Waals surface area (Å²) in [5.41, 5.74) is 3.10. The molecule has 0 aliphatic carbocycles. The summed E-state index contributed by atoms with van der Waals surface area (Å²) in [6, 6.07) is 15.8. The van der Waals surface area contributed by atoms with E-state index in [0.29, 0.717) is 0 Å². The number of halogens is 1. The van der Waals surface area contributed by atoms with Crippen LogP contribution in [-0.4, -0.2) is 33.1 Å². The number of benzene rings is 2. The number of rotatable bonds is 4. The third-order valence-corrected chi connectivity index (χ3v) is 4.93. The van der Waals surface area contributed by atoms with Crippen LogP contribution >= 0.6 is 11.6 Å². The van der Waals surface area contributed by atoms with E-state index >= 15 is 0 Å². The fourth-order valence-electron chi connectivity index (χ4n) is 3.16. The first-order valence-electron chi connectivity index (χ1n) is 8.62. The Bertz CT molecular complexity index is 722. The normalized spacial score (nSPS) is 15.1. The average molecular weight is 358 g/mol. The minimum absolute atomic E-state index is 0.0592. The van der Waals surface area contributed by atoms with Crippen molar-refractivity contribution in [1.82, 2.24) is 0 Å². The molecule has 4 nitrogen and oxygen atoms in total. The summed E-state index contributed by atoms with van der Waals surface area (Å²) in [6.07, 6.45) is 1.71. The molecule has 2 aromatic rings. The zero-order valence-electron chi connectivity index (χ0n) is 14.7. The summed E-state index contributed by atoms with van der Waals surface area (Å²) in [4.78, 5) is 16.9. The van der Waals surface area contributed by atoms with Crippen LogP contribution in [0.4, 0.5) is 17.1 Å². The van der Waals surface area contributed by atoms with Crippen LogP contribution in [0.1, 0.15) is 12.8 Å². The zero-order chi connectivity index (χ0) is 17.8. The van der Waals surface area contributed by atoms with Crippen LogP contribution in [0.2, 0.25) is 5.02 Å². The second kappa shape index (κ2) is 7.79. The third kappa shape index (κ3) is 4.45. The summed E-state index contributed by atoms with van der Waals surface area (Å²) in [7, 11) is 4.00. The van der Waals surface area contributed by atoms with Crippen molar-refractivity contribution in [3.8, 4) is 0 Å². The van der Waals surface area contributed by atoms with Crippen LogP contribution in [0.25, 0.3) is 0 Å². The molecule has 1 aliphatic rings. The Kier molecular flexibility index (Phi) is 5.49. The van der Waals surface area contributed by atoms with Gasteiger partial charge in [-0.1, -0.05) is 17.7 Å². The van der Waals surface area contributed by atoms with Gasteiger partial charge >= 0.3 is 0 Å². The second-order valence-corrected chi connectivity index (χ2v) is 7.11. The molecule has 0 radical (unpaired) electrons. The molecule has 3 rings (SSSR count). The van der Waals surface area contributed by atoms with Gasteiger partial charge in [0, 0.05) is 55.2 Å². The molecule has 1 fully saturated rings. The molecule has 0 bridgehead atoms. The van der Waals surface area contributed by atoms with Crippen LogP contribution in [-0.2, 0) is 4.79 Å². The van der Waals surface area contributed by atoms with E-state index in [1.54, 1.807) is 0 Å². The number of nitrogens with one attached hydrogen (secondary N) is 1. The van der Waals surface area contributed by atoms with Crippen LogP contribution in [0, 0.1) is 5.92 Å². The number of carbonyl (C=O) groups excluding carboxylic acids is 1. The minimum atomic E-state index is 0.0592. The SMILES string of the molecule is CN(C)c1ccc(NC(=O)C2CCN(c3cccc(Cl)c3)CC2)cc1. The number of piperidine rings is 1. The van der Waals surface area contributed by atoms with Crippen LogP contribution in [0.15, 0.2) is 48.5 Å².